The van der Waals surface area contributed by atoms with Gasteiger partial charge in [-0.15, -0.1) is 0 Å². The summed E-state index contributed by atoms with van der Waals surface area (Å²) in [6, 6.07) is 41.7. The normalized spacial score (nSPS) is 13.8. The van der Waals surface area contributed by atoms with Crippen molar-refractivity contribution in [3.8, 4) is 22.3 Å². The van der Waals surface area contributed by atoms with Crippen molar-refractivity contribution in [1.82, 2.24) is 0 Å². The lowest BCUT2D eigenvalue weighted by Crippen LogP contribution is -2.25. The topological polar surface area (TPSA) is 13.1 Å². The van der Waals surface area contributed by atoms with E-state index in [1.54, 1.807) is 0 Å². The molecule has 1 aliphatic rings. The van der Waals surface area contributed by atoms with Crippen molar-refractivity contribution in [2.24, 2.45) is 0 Å². The van der Waals surface area contributed by atoms with Crippen molar-refractivity contribution in [2.45, 2.75) is 18.8 Å². The summed E-state index contributed by atoms with van der Waals surface area (Å²) < 4.78 is 6.30. The van der Waals surface area contributed by atoms with Crippen LogP contribution >= 0.6 is 0 Å². The van der Waals surface area contributed by atoms with Gasteiger partial charge in [0.1, 0.15) is 11.2 Å². The molecule has 1 aromatic heterocycles. The molecule has 1 heteroatoms. The highest BCUT2D eigenvalue weighted by molar-refractivity contribution is 6.09. The molecule has 0 unspecified atom stereocenters. The zero-order chi connectivity index (χ0) is 22.7. The van der Waals surface area contributed by atoms with Crippen LogP contribution in [-0.4, -0.2) is 0 Å². The second-order valence-electron chi connectivity index (χ2n) is 9.21. The molecule has 1 nitrogen and oxygen atoms in total. The third kappa shape index (κ3) is 2.50. The number of fused-ring (bicyclic) bond motifs is 6. The van der Waals surface area contributed by atoms with Crippen LogP contribution in [0.2, 0.25) is 0 Å². The first-order valence-corrected chi connectivity index (χ1v) is 12.0. The predicted octanol–water partition coefficient (Wildman–Crippen LogP) is 8.98. The summed E-state index contributed by atoms with van der Waals surface area (Å²) in [6.45, 7) is 2.31. The summed E-state index contributed by atoms with van der Waals surface area (Å²) in [5, 5.41) is 2.33. The van der Waals surface area contributed by atoms with Crippen molar-refractivity contribution >= 4 is 21.9 Å². The molecule has 0 radical (unpaired) electrons. The molecule has 0 N–H and O–H groups in total. The highest BCUT2D eigenvalue weighted by Crippen LogP contribution is 2.54. The SMILES string of the molecule is CCC1(c2ccc(-c3cccc4c3oc3ccccc34)cc2)c2ccccc2-c2ccccc21. The van der Waals surface area contributed by atoms with Crippen LogP contribution in [0.4, 0.5) is 0 Å². The van der Waals surface area contributed by atoms with E-state index < -0.39 is 0 Å². The number of furan rings is 1. The van der Waals surface area contributed by atoms with Crippen LogP contribution in [0.25, 0.3) is 44.2 Å². The Hall–Kier alpha value is -4.10. The van der Waals surface area contributed by atoms with E-state index in [-0.39, 0.29) is 5.41 Å². The van der Waals surface area contributed by atoms with Crippen molar-refractivity contribution in [1.29, 1.82) is 0 Å². The first-order valence-electron chi connectivity index (χ1n) is 12.0. The summed E-state index contributed by atoms with van der Waals surface area (Å²) in [6.07, 6.45) is 1.01. The fourth-order valence-corrected chi connectivity index (χ4v) is 6.13. The first kappa shape index (κ1) is 19.4. The van der Waals surface area contributed by atoms with Crippen molar-refractivity contribution in [3.63, 3.8) is 0 Å². The molecule has 7 rings (SSSR count). The van der Waals surface area contributed by atoms with E-state index in [0.717, 1.165) is 23.2 Å². The third-order valence-electron chi connectivity index (χ3n) is 7.69. The van der Waals surface area contributed by atoms with Gasteiger partial charge >= 0.3 is 0 Å². The number of benzene rings is 5. The van der Waals surface area contributed by atoms with Crippen LogP contribution in [0.3, 0.4) is 0 Å². The molecule has 0 amide bonds. The van der Waals surface area contributed by atoms with Crippen LogP contribution in [0, 0.1) is 0 Å². The third-order valence-corrected chi connectivity index (χ3v) is 7.69. The smallest absolute Gasteiger partial charge is 0.143 e. The first-order chi connectivity index (χ1) is 16.8. The molecule has 34 heavy (non-hydrogen) atoms. The maximum absolute atomic E-state index is 6.30. The van der Waals surface area contributed by atoms with Gasteiger partial charge in [-0.3, -0.25) is 0 Å². The largest absolute Gasteiger partial charge is 0.455 e. The van der Waals surface area contributed by atoms with E-state index in [9.17, 15) is 0 Å². The van der Waals surface area contributed by atoms with Gasteiger partial charge in [-0.2, -0.15) is 0 Å². The van der Waals surface area contributed by atoms with Crippen LogP contribution in [0.5, 0.6) is 0 Å². The lowest BCUT2D eigenvalue weighted by atomic mass is 9.70. The highest BCUT2D eigenvalue weighted by atomic mass is 16.3. The standard InChI is InChI=1S/C33H24O/c1-2-33(29-15-6-3-10-25(29)26-11-4-7-16-30(26)33)23-20-18-22(19-21-23)24-13-9-14-28-27-12-5-8-17-31(27)34-32(24)28/h3-21H,2H2,1H3. The minimum atomic E-state index is -0.128. The maximum Gasteiger partial charge on any atom is 0.143 e. The van der Waals surface area contributed by atoms with E-state index in [1.807, 2.05) is 12.1 Å². The molecule has 0 spiro atoms. The molecule has 5 aromatic carbocycles. The zero-order valence-corrected chi connectivity index (χ0v) is 19.1. The summed E-state index contributed by atoms with van der Waals surface area (Å²) in [7, 11) is 0. The summed E-state index contributed by atoms with van der Waals surface area (Å²) in [5.41, 5.74) is 11.0. The van der Waals surface area contributed by atoms with Crippen LogP contribution in [-0.2, 0) is 5.41 Å². The molecule has 0 bridgehead atoms. The van der Waals surface area contributed by atoms with Gasteiger partial charge in [0.2, 0.25) is 0 Å². The van der Waals surface area contributed by atoms with E-state index in [2.05, 4.69) is 110 Å². The van der Waals surface area contributed by atoms with Crippen LogP contribution in [0.1, 0.15) is 30.0 Å². The Balaban J connectivity index is 1.41. The van der Waals surface area contributed by atoms with Crippen molar-refractivity contribution in [3.05, 3.63) is 132 Å². The molecule has 0 atom stereocenters. The fraction of sp³-hybridized carbons (Fsp3) is 0.0909. The van der Waals surface area contributed by atoms with Gasteiger partial charge < -0.3 is 4.42 Å². The molecule has 1 aliphatic carbocycles. The molecular weight excluding hydrogens is 412 g/mol. The maximum atomic E-state index is 6.30. The second kappa shape index (κ2) is 7.20. The van der Waals surface area contributed by atoms with Crippen molar-refractivity contribution in [2.75, 3.05) is 0 Å². The molecule has 1 heterocycles. The van der Waals surface area contributed by atoms with Gasteiger partial charge in [0.15, 0.2) is 0 Å². The molecule has 162 valence electrons. The Bertz CT molecular complexity index is 1640. The lowest BCUT2D eigenvalue weighted by molar-refractivity contribution is 0.609. The number of hydrogen-bond donors (Lipinski definition) is 0. The quantitative estimate of drug-likeness (QED) is 0.270. The average Bonchev–Trinajstić information content (AvgIpc) is 3.43. The number of hydrogen-bond acceptors (Lipinski definition) is 1. The predicted molar refractivity (Wildman–Crippen MR) is 141 cm³/mol. The number of rotatable bonds is 3. The molecule has 0 fully saturated rings. The van der Waals surface area contributed by atoms with Gasteiger partial charge in [0, 0.05) is 21.8 Å². The van der Waals surface area contributed by atoms with Gasteiger partial charge in [-0.25, -0.2) is 0 Å². The molecule has 0 saturated carbocycles. The van der Waals surface area contributed by atoms with E-state index in [0.29, 0.717) is 0 Å². The number of para-hydroxylation sites is 2. The Morgan fingerprint density at radius 1 is 0.559 bits per heavy atom. The van der Waals surface area contributed by atoms with Gasteiger partial charge in [-0.05, 0) is 45.9 Å². The average molecular weight is 437 g/mol. The van der Waals surface area contributed by atoms with E-state index >= 15 is 0 Å². The lowest BCUT2D eigenvalue weighted by Gasteiger charge is -2.32. The Morgan fingerprint density at radius 3 is 1.85 bits per heavy atom. The van der Waals surface area contributed by atoms with Gasteiger partial charge in [0.05, 0.1) is 0 Å². The zero-order valence-electron chi connectivity index (χ0n) is 19.1. The summed E-state index contributed by atoms with van der Waals surface area (Å²) in [5.74, 6) is 0. The van der Waals surface area contributed by atoms with Crippen LogP contribution in [0.15, 0.2) is 120 Å². The van der Waals surface area contributed by atoms with Crippen LogP contribution < -0.4 is 0 Å². The summed E-state index contributed by atoms with van der Waals surface area (Å²) >= 11 is 0. The molecule has 6 aromatic rings. The highest BCUT2D eigenvalue weighted by Gasteiger charge is 2.42. The summed E-state index contributed by atoms with van der Waals surface area (Å²) in [4.78, 5) is 0. The van der Waals surface area contributed by atoms with E-state index in [1.165, 1.54) is 44.2 Å². The molecule has 0 aliphatic heterocycles. The second-order valence-corrected chi connectivity index (χ2v) is 9.21. The minimum Gasteiger partial charge on any atom is -0.455 e. The van der Waals surface area contributed by atoms with E-state index in [4.69, 9.17) is 4.42 Å². The Kier molecular flexibility index (Phi) is 4.10. The van der Waals surface area contributed by atoms with Crippen molar-refractivity contribution < 1.29 is 4.42 Å². The monoisotopic (exact) mass is 436 g/mol. The molecular formula is C33H24O. The van der Waals surface area contributed by atoms with Gasteiger partial charge in [-0.1, -0.05) is 116 Å². The Morgan fingerprint density at radius 2 is 1.15 bits per heavy atom. The fourth-order valence-electron chi connectivity index (χ4n) is 6.13. The van der Waals surface area contributed by atoms with Gasteiger partial charge in [0.25, 0.3) is 0 Å². The minimum absolute atomic E-state index is 0.128. The molecule has 0 saturated heterocycles. The Labute approximate surface area is 199 Å².